The number of amides is 9. The van der Waals surface area contributed by atoms with Crippen molar-refractivity contribution < 1.29 is 194 Å². The summed E-state index contributed by atoms with van der Waals surface area (Å²) in [6, 6.07) is 0. The molecule has 3 radical (unpaired) electrons. The minimum absolute atomic E-state index is 0. The Hall–Kier alpha value is -8.10. The number of hydrogen-bond acceptors (Lipinski definition) is 22. The third kappa shape index (κ3) is 81.9. The molecule has 9 amide bonds. The molecular formula is C110H171N11O20Y3-6. The largest absolute Gasteiger partial charge is 0.542 e. The molecule has 0 atom stereocenters. The Labute approximate surface area is 939 Å². The van der Waals surface area contributed by atoms with Crippen LogP contribution in [0.25, 0.3) is 0 Å². The number of allylic oxidation sites excluding steroid dienone is 7. The summed E-state index contributed by atoms with van der Waals surface area (Å²) in [4.78, 5) is 178. The first-order valence-electron chi connectivity index (χ1n) is 48.8. The van der Waals surface area contributed by atoms with Crippen LogP contribution in [0.2, 0.25) is 0 Å². The van der Waals surface area contributed by atoms with Gasteiger partial charge in [-0.05, 0) is 125 Å². The Morgan fingerprint density at radius 2 is 0.639 bits per heavy atom. The van der Waals surface area contributed by atoms with Gasteiger partial charge in [-0.25, -0.2) is 10.9 Å². The fourth-order valence-corrected chi connectivity index (χ4v) is 11.5. The molecule has 0 aliphatic carbocycles. The molecule has 7 heterocycles. The minimum Gasteiger partial charge on any atom is -0.542 e. The zero-order valence-corrected chi connectivity index (χ0v) is 97.3. The normalized spacial score (nSPS) is 13.9. The van der Waals surface area contributed by atoms with Gasteiger partial charge in [0.25, 0.3) is 41.4 Å². The van der Waals surface area contributed by atoms with E-state index < -0.39 is 0 Å². The maximum absolute atomic E-state index is 11.7. The van der Waals surface area contributed by atoms with Crippen molar-refractivity contribution >= 4 is 101 Å². The van der Waals surface area contributed by atoms with Crippen LogP contribution in [0.4, 0.5) is 0 Å². The van der Waals surface area contributed by atoms with Gasteiger partial charge in [-0.3, -0.25) is 76.4 Å². The molecule has 0 unspecified atom stereocenters. The summed E-state index contributed by atoms with van der Waals surface area (Å²) in [6.07, 6.45) is 45.0. The van der Waals surface area contributed by atoms with Gasteiger partial charge in [0.15, 0.2) is 0 Å². The molecule has 801 valence electrons. The summed E-state index contributed by atoms with van der Waals surface area (Å²) in [5.41, 5.74) is 11.0. The van der Waals surface area contributed by atoms with E-state index in [4.69, 9.17) is 23.7 Å². The molecule has 0 aromatic rings. The number of carbonyl (C=O) groups excluding carboxylic acids is 15. The van der Waals surface area contributed by atoms with Crippen LogP contribution in [0.5, 0.6) is 0 Å². The van der Waals surface area contributed by atoms with Gasteiger partial charge in [0.1, 0.15) is 11.6 Å². The maximum atomic E-state index is 11.7. The van der Waals surface area contributed by atoms with E-state index in [9.17, 15) is 71.9 Å². The monoisotopic (exact) mass is 2230 g/mol. The Bertz CT molecular complexity index is 4030. The number of nitrogens with zero attached hydrogens (tertiary/aromatic N) is 9. The zero-order valence-electron chi connectivity index (χ0n) is 88.8. The molecule has 144 heavy (non-hydrogen) atoms. The SMILES string of the molecule is C.C=C1C=CC(=O)N1CCC(=O)CCCOCCOCC[C-]=O.C=C1C=CC(=O)N1CCCCCC(=O)C(C)C.C=C1C=CC(=O)N1CCCCCC(=O)N/N=C(\C)C(C)C.C=C1C=CC(=O)N1CCCCCC(=O)N/N=C/C(C)C.C=C1C=CC(=O)N1CCCCCC(=O)OCC(C)C.C=C1C=CC(=O)N1CCC[C-]=O.C=C1C=CC(=O)N1CCOCCOCC[C-]=O.[CH2-]C(C)C.[CH2-]C(C)C.[CH2-]C(C)C.[Y].[Y].[Y]. The van der Waals surface area contributed by atoms with Crippen molar-refractivity contribution in [2.75, 3.05) is 105 Å². The van der Waals surface area contributed by atoms with E-state index >= 15 is 0 Å². The maximum Gasteiger partial charge on any atom is 0.305 e. The Balaban J connectivity index is -0.000000298. The van der Waals surface area contributed by atoms with E-state index in [2.05, 4.69) is 129 Å². The van der Waals surface area contributed by atoms with E-state index in [1.165, 1.54) is 41.4 Å². The predicted molar refractivity (Wildman–Crippen MR) is 562 cm³/mol. The second-order valence-corrected chi connectivity index (χ2v) is 35.7. The smallest absolute Gasteiger partial charge is 0.305 e. The molecule has 34 heteroatoms. The second kappa shape index (κ2) is 94.6. The van der Waals surface area contributed by atoms with Crippen LogP contribution in [0.1, 0.15) is 259 Å². The number of ketones is 2. The number of rotatable bonds is 57. The molecule has 0 fully saturated rings. The van der Waals surface area contributed by atoms with Crippen molar-refractivity contribution in [2.24, 2.45) is 51.6 Å². The van der Waals surface area contributed by atoms with Gasteiger partial charge in [-0.2, -0.15) is 34.4 Å². The van der Waals surface area contributed by atoms with Crippen molar-refractivity contribution in [3.63, 3.8) is 0 Å². The van der Waals surface area contributed by atoms with Gasteiger partial charge >= 0.3 is 5.97 Å². The topological polar surface area (TPSA) is 374 Å². The molecule has 0 spiro atoms. The molecule has 0 bridgehead atoms. The summed E-state index contributed by atoms with van der Waals surface area (Å²) >= 11 is 0. The first-order valence-corrected chi connectivity index (χ1v) is 48.8. The molecule has 7 aliphatic heterocycles. The zero-order chi connectivity index (χ0) is 106. The van der Waals surface area contributed by atoms with Crippen molar-refractivity contribution in [3.8, 4) is 0 Å². The fourth-order valence-electron chi connectivity index (χ4n) is 11.5. The van der Waals surface area contributed by atoms with E-state index in [0.29, 0.717) is 221 Å². The molecule has 2 N–H and O–H groups in total. The van der Waals surface area contributed by atoms with Crippen LogP contribution >= 0.6 is 0 Å². The summed E-state index contributed by atoms with van der Waals surface area (Å²) in [5, 5.41) is 7.91. The molecule has 0 saturated carbocycles. The van der Waals surface area contributed by atoms with Crippen molar-refractivity contribution in [3.05, 3.63) is 192 Å². The average molecular weight is 2230 g/mol. The number of hydrazone groups is 2. The number of esters is 1. The predicted octanol–water partition coefficient (Wildman–Crippen LogP) is 17.6. The van der Waals surface area contributed by atoms with Crippen LogP contribution in [0.15, 0.2) is 181 Å². The van der Waals surface area contributed by atoms with Gasteiger partial charge in [-0.1, -0.05) is 183 Å². The van der Waals surface area contributed by atoms with Gasteiger partial charge in [-0.15, -0.1) is 12.8 Å². The van der Waals surface area contributed by atoms with Gasteiger partial charge in [0.05, 0.1) is 39.6 Å². The van der Waals surface area contributed by atoms with Gasteiger partial charge in [0, 0.05) is 303 Å². The first kappa shape index (κ1) is 149. The summed E-state index contributed by atoms with van der Waals surface area (Å²) in [7, 11) is 0. The van der Waals surface area contributed by atoms with E-state index in [1.54, 1.807) is 103 Å². The minimum atomic E-state index is -0.128. The third-order valence-corrected chi connectivity index (χ3v) is 19.3. The van der Waals surface area contributed by atoms with Gasteiger partial charge < -0.3 is 93.1 Å². The first-order chi connectivity index (χ1) is 66.3. The molecule has 7 rings (SSSR count). The van der Waals surface area contributed by atoms with Crippen LogP contribution < -0.4 is 10.9 Å². The third-order valence-electron chi connectivity index (χ3n) is 19.3. The quantitative estimate of drug-likeness (QED) is 0.0188. The van der Waals surface area contributed by atoms with Crippen LogP contribution in [0.3, 0.4) is 0 Å². The molecule has 0 aromatic heterocycles. The Kier molecular flexibility index (Phi) is 97.8. The fraction of sp³-hybridized carbons (Fsp3) is 0.564. The molecule has 0 saturated heterocycles. The summed E-state index contributed by atoms with van der Waals surface area (Å²) < 4.78 is 25.9. The average Bonchev–Trinajstić information content (AvgIpc) is 1.77. The molecule has 31 nitrogen and oxygen atoms in total. The Morgan fingerprint density at radius 1 is 0.347 bits per heavy atom. The van der Waals surface area contributed by atoms with E-state index in [-0.39, 0.29) is 189 Å². The molecular weight excluding hydrogens is 2060 g/mol. The van der Waals surface area contributed by atoms with Crippen molar-refractivity contribution in [2.45, 2.75) is 259 Å². The van der Waals surface area contributed by atoms with Crippen LogP contribution in [-0.4, -0.2) is 241 Å². The Morgan fingerprint density at radius 3 is 0.938 bits per heavy atom. The van der Waals surface area contributed by atoms with E-state index in [1.807, 2.05) is 62.3 Å². The van der Waals surface area contributed by atoms with Crippen molar-refractivity contribution in [1.29, 1.82) is 0 Å². The number of Topliss-reactive ketones (excluding diaryl/α,β-unsaturated/α-hetero) is 2. The standard InChI is InChI=1S/C16H25N3O2.C16H22NO5.C15H23N3O2.C15H23NO3.C14H21NO2.C12H16NO4.C9H10NO2.3C4H9.CH4.3Y/c1-12(2)14(4)17-18-15(20)8-6-5-7-11-19-13(3)9-10-16(19)21;1-14-5-6-16(20)17(14)8-7-15(19)4-2-10-21-12-13-22-11-3-9-18;1-12(2)11-16-17-14(19)7-5-4-6-10-18-13(3)8-9-15(18)20;1-12(2)11-19-15(18)7-5-4-6-10-16-13(3)8-9-14(16)17;1-11(2)13(16)7-5-4-6-10-15-12(3)8-9-14(15)17;1-11-3-4-12(15)13(11)5-8-17-10-9-16-7-2-6-14;1-8-4-5-9(12)10(8)6-2-3-7-11;3*1-4(2)3;;;;/h9-10,12H,3,5-8,11H2,1-2,4H3,(H,18,20);5-6H,1-4,7-8,10-13H2;8-9,11-12H,3-7,10H2,1-2H3,(H,17,19);8-9,12H,3-7,10-11H2,1-2H3;8-9,11H,3-7,10H2,1-2H3;3-4H,1-2,5,7-10H2;4-5H,1-3,6H2;3*4H,1H2,2-3H3;1H4;;;/q;-1;;;;5*-1;;;;/b17-14+;;16-11+;;;;;;;;;;;. The summed E-state index contributed by atoms with van der Waals surface area (Å²) in [6.45, 7) is 75.5. The number of ether oxygens (including phenoxy) is 5. The number of unbranched alkanes of at least 4 members (excludes halogenated alkanes) is 9. The molecule has 7 aliphatic rings. The summed E-state index contributed by atoms with van der Waals surface area (Å²) in [5.74, 6) is 2.91. The number of hydrogen-bond donors (Lipinski definition) is 2. The van der Waals surface area contributed by atoms with Gasteiger partial charge in [0.2, 0.25) is 11.8 Å². The second-order valence-electron chi connectivity index (χ2n) is 35.7. The van der Waals surface area contributed by atoms with Crippen LogP contribution in [0, 0.1) is 62.2 Å². The van der Waals surface area contributed by atoms with E-state index in [0.717, 1.165) is 106 Å². The number of nitrogens with one attached hydrogen (secondary N) is 2. The molecule has 0 aromatic carbocycles. The van der Waals surface area contributed by atoms with Crippen LogP contribution in [-0.2, 0) is 194 Å². The van der Waals surface area contributed by atoms with Crippen molar-refractivity contribution in [1.82, 2.24) is 45.2 Å². The number of carbonyl (C=O) groups is 12.